The van der Waals surface area contributed by atoms with E-state index in [1.54, 1.807) is 12.1 Å². The van der Waals surface area contributed by atoms with Crippen LogP contribution >= 0.6 is 12.2 Å². The van der Waals surface area contributed by atoms with Crippen molar-refractivity contribution in [1.29, 1.82) is 0 Å². The first-order chi connectivity index (χ1) is 9.48. The SMILES string of the molecule is FC(F)(F)c1ccccc1-n1c(=S)[nH]c2cccnc21. The van der Waals surface area contributed by atoms with E-state index in [1.165, 1.54) is 29.0 Å². The van der Waals surface area contributed by atoms with E-state index in [2.05, 4.69) is 9.97 Å². The van der Waals surface area contributed by atoms with Crippen molar-refractivity contribution in [2.45, 2.75) is 6.18 Å². The van der Waals surface area contributed by atoms with Crippen molar-refractivity contribution in [2.24, 2.45) is 0 Å². The highest BCUT2D eigenvalue weighted by molar-refractivity contribution is 7.71. The molecular weight excluding hydrogens is 287 g/mol. The lowest BCUT2D eigenvalue weighted by Gasteiger charge is -2.13. The van der Waals surface area contributed by atoms with Crippen LogP contribution in [0.25, 0.3) is 16.9 Å². The van der Waals surface area contributed by atoms with Gasteiger partial charge in [-0.05, 0) is 36.5 Å². The van der Waals surface area contributed by atoms with Gasteiger partial charge in [0.1, 0.15) is 0 Å². The molecule has 0 unspecified atom stereocenters. The fourth-order valence-corrected chi connectivity index (χ4v) is 2.37. The monoisotopic (exact) mass is 295 g/mol. The van der Waals surface area contributed by atoms with Crippen molar-refractivity contribution in [3.05, 3.63) is 52.9 Å². The van der Waals surface area contributed by atoms with Gasteiger partial charge in [0.25, 0.3) is 0 Å². The molecule has 0 atom stereocenters. The van der Waals surface area contributed by atoms with E-state index >= 15 is 0 Å². The van der Waals surface area contributed by atoms with Gasteiger partial charge < -0.3 is 4.98 Å². The Bertz CT molecular complexity index is 832. The molecule has 0 aliphatic heterocycles. The van der Waals surface area contributed by atoms with Crippen LogP contribution in [0.4, 0.5) is 13.2 Å². The van der Waals surface area contributed by atoms with Crippen LogP contribution in [0.5, 0.6) is 0 Å². The molecule has 0 radical (unpaired) electrons. The van der Waals surface area contributed by atoms with Gasteiger partial charge in [0.2, 0.25) is 0 Å². The van der Waals surface area contributed by atoms with Gasteiger partial charge in [0.15, 0.2) is 10.4 Å². The van der Waals surface area contributed by atoms with Gasteiger partial charge in [-0.15, -0.1) is 0 Å². The van der Waals surface area contributed by atoms with Gasteiger partial charge in [-0.1, -0.05) is 12.1 Å². The van der Waals surface area contributed by atoms with E-state index in [1.807, 2.05) is 0 Å². The Balaban J connectivity index is 2.38. The molecule has 2 heterocycles. The Labute approximate surface area is 116 Å². The van der Waals surface area contributed by atoms with Crippen molar-refractivity contribution >= 4 is 23.4 Å². The van der Waals surface area contributed by atoms with Crippen molar-refractivity contribution < 1.29 is 13.2 Å². The van der Waals surface area contributed by atoms with Gasteiger partial charge in [0.05, 0.1) is 16.8 Å². The Morgan fingerprint density at radius 1 is 1.10 bits per heavy atom. The Morgan fingerprint density at radius 3 is 2.60 bits per heavy atom. The number of nitrogens with zero attached hydrogens (tertiary/aromatic N) is 2. The molecule has 0 aliphatic carbocycles. The zero-order chi connectivity index (χ0) is 14.3. The van der Waals surface area contributed by atoms with Crippen molar-refractivity contribution in [1.82, 2.24) is 14.5 Å². The lowest BCUT2D eigenvalue weighted by atomic mass is 10.1. The number of pyridine rings is 1. The highest BCUT2D eigenvalue weighted by atomic mass is 32.1. The third-order valence-corrected chi connectivity index (χ3v) is 3.18. The summed E-state index contributed by atoms with van der Waals surface area (Å²) < 4.78 is 40.8. The second-order valence-corrected chi connectivity index (χ2v) is 4.54. The average molecular weight is 295 g/mol. The minimum absolute atomic E-state index is 0.0325. The van der Waals surface area contributed by atoms with Crippen LogP contribution in [-0.2, 0) is 6.18 Å². The maximum absolute atomic E-state index is 13.1. The molecule has 1 aromatic carbocycles. The first-order valence-corrected chi connectivity index (χ1v) is 6.11. The van der Waals surface area contributed by atoms with E-state index in [9.17, 15) is 13.2 Å². The number of halogens is 3. The molecule has 0 spiro atoms. The topological polar surface area (TPSA) is 33.6 Å². The number of aromatic amines is 1. The number of alkyl halides is 3. The summed E-state index contributed by atoms with van der Waals surface area (Å²) in [6.07, 6.45) is -2.94. The molecule has 20 heavy (non-hydrogen) atoms. The summed E-state index contributed by atoms with van der Waals surface area (Å²) in [6.45, 7) is 0. The fraction of sp³-hybridized carbons (Fsp3) is 0.0769. The number of aromatic nitrogens is 3. The van der Waals surface area contributed by atoms with Crippen LogP contribution in [0.3, 0.4) is 0 Å². The van der Waals surface area contributed by atoms with E-state index in [0.29, 0.717) is 11.2 Å². The molecular formula is C13H8F3N3S. The normalized spacial score (nSPS) is 11.9. The summed E-state index contributed by atoms with van der Waals surface area (Å²) in [7, 11) is 0. The molecule has 3 nitrogen and oxygen atoms in total. The summed E-state index contributed by atoms with van der Waals surface area (Å²) in [6, 6.07) is 8.68. The highest BCUT2D eigenvalue weighted by Gasteiger charge is 2.34. The standard InChI is InChI=1S/C13H8F3N3S/c14-13(15,16)8-4-1-2-6-10(8)19-11-9(18-12(19)20)5-3-7-17-11/h1-7H,(H,18,20). The van der Waals surface area contributed by atoms with Gasteiger partial charge in [-0.25, -0.2) is 4.98 Å². The van der Waals surface area contributed by atoms with Crippen molar-refractivity contribution in [3.8, 4) is 5.69 Å². The van der Waals surface area contributed by atoms with Crippen LogP contribution in [0.2, 0.25) is 0 Å². The molecule has 7 heteroatoms. The average Bonchev–Trinajstić information content (AvgIpc) is 2.73. The molecule has 0 aliphatic rings. The molecule has 0 amide bonds. The molecule has 0 saturated heterocycles. The largest absolute Gasteiger partial charge is 0.418 e. The lowest BCUT2D eigenvalue weighted by Crippen LogP contribution is -2.10. The second kappa shape index (κ2) is 4.45. The Morgan fingerprint density at radius 2 is 1.85 bits per heavy atom. The predicted octanol–water partition coefficient (Wildman–Crippen LogP) is 4.10. The predicted molar refractivity (Wildman–Crippen MR) is 71.3 cm³/mol. The Hall–Kier alpha value is -2.15. The third-order valence-electron chi connectivity index (χ3n) is 2.89. The molecule has 3 rings (SSSR count). The van der Waals surface area contributed by atoms with Crippen LogP contribution in [0, 0.1) is 4.77 Å². The van der Waals surface area contributed by atoms with Gasteiger partial charge in [-0.2, -0.15) is 13.2 Å². The minimum Gasteiger partial charge on any atom is -0.329 e. The van der Waals surface area contributed by atoms with Crippen molar-refractivity contribution in [2.75, 3.05) is 0 Å². The number of rotatable bonds is 1. The highest BCUT2D eigenvalue weighted by Crippen LogP contribution is 2.34. The smallest absolute Gasteiger partial charge is 0.329 e. The number of hydrogen-bond donors (Lipinski definition) is 1. The number of fused-ring (bicyclic) bond motifs is 1. The van der Waals surface area contributed by atoms with Crippen LogP contribution < -0.4 is 0 Å². The number of imidazole rings is 1. The zero-order valence-electron chi connectivity index (χ0n) is 9.98. The van der Waals surface area contributed by atoms with E-state index < -0.39 is 11.7 Å². The first-order valence-electron chi connectivity index (χ1n) is 5.71. The van der Waals surface area contributed by atoms with E-state index in [-0.39, 0.29) is 10.5 Å². The number of nitrogens with one attached hydrogen (secondary N) is 1. The molecule has 0 saturated carbocycles. The number of H-pyrrole nitrogens is 1. The lowest BCUT2D eigenvalue weighted by molar-refractivity contribution is -0.137. The zero-order valence-corrected chi connectivity index (χ0v) is 10.8. The summed E-state index contributed by atoms with van der Waals surface area (Å²) in [4.78, 5) is 6.95. The summed E-state index contributed by atoms with van der Waals surface area (Å²) >= 11 is 5.12. The minimum atomic E-state index is -4.45. The summed E-state index contributed by atoms with van der Waals surface area (Å²) in [5.41, 5.74) is 0.182. The quantitative estimate of drug-likeness (QED) is 0.686. The van der Waals surface area contributed by atoms with Crippen LogP contribution in [0.1, 0.15) is 5.56 Å². The maximum Gasteiger partial charge on any atom is 0.418 e. The molecule has 102 valence electrons. The number of hydrogen-bond acceptors (Lipinski definition) is 2. The number of para-hydroxylation sites is 1. The van der Waals surface area contributed by atoms with E-state index in [0.717, 1.165) is 6.07 Å². The maximum atomic E-state index is 13.1. The van der Waals surface area contributed by atoms with Gasteiger partial charge in [0, 0.05) is 6.20 Å². The fourth-order valence-electron chi connectivity index (χ4n) is 2.07. The Kier molecular flexibility index (Phi) is 2.86. The summed E-state index contributed by atoms with van der Waals surface area (Å²) in [5.74, 6) is 0. The van der Waals surface area contributed by atoms with Crippen LogP contribution in [-0.4, -0.2) is 14.5 Å². The van der Waals surface area contributed by atoms with E-state index in [4.69, 9.17) is 12.2 Å². The van der Waals surface area contributed by atoms with Gasteiger partial charge >= 0.3 is 6.18 Å². The molecule has 0 bridgehead atoms. The molecule has 2 aromatic heterocycles. The summed E-state index contributed by atoms with van der Waals surface area (Å²) in [5, 5.41) is 0. The number of benzene rings is 1. The molecule has 3 aromatic rings. The van der Waals surface area contributed by atoms with Gasteiger partial charge in [-0.3, -0.25) is 4.57 Å². The molecule has 1 N–H and O–H groups in total. The van der Waals surface area contributed by atoms with Crippen molar-refractivity contribution in [3.63, 3.8) is 0 Å². The first kappa shape index (κ1) is 12.9. The second-order valence-electron chi connectivity index (χ2n) is 4.16. The molecule has 0 fully saturated rings. The third kappa shape index (κ3) is 2.00. The van der Waals surface area contributed by atoms with Crippen LogP contribution in [0.15, 0.2) is 42.6 Å².